The van der Waals surface area contributed by atoms with Crippen molar-refractivity contribution in [1.82, 2.24) is 5.32 Å². The molecule has 0 aliphatic carbocycles. The highest BCUT2D eigenvalue weighted by atomic mass is 19.1. The molecule has 0 aliphatic rings. The fourth-order valence-corrected chi connectivity index (χ4v) is 1.48. The molecular formula is C13H17FN2O. The van der Waals surface area contributed by atoms with E-state index in [4.69, 9.17) is 10.00 Å². The minimum absolute atomic E-state index is 0.0247. The first-order valence-corrected chi connectivity index (χ1v) is 5.65. The molecule has 1 unspecified atom stereocenters. The molecule has 1 atom stereocenters. The number of nitrogens with one attached hydrogen (secondary N) is 1. The van der Waals surface area contributed by atoms with Crippen LogP contribution >= 0.6 is 0 Å². The molecular weight excluding hydrogens is 219 g/mol. The average molecular weight is 236 g/mol. The lowest BCUT2D eigenvalue weighted by molar-refractivity contribution is 0.306. The van der Waals surface area contributed by atoms with Crippen molar-refractivity contribution in [3.05, 3.63) is 29.6 Å². The van der Waals surface area contributed by atoms with Gasteiger partial charge in [0.2, 0.25) is 0 Å². The predicted molar refractivity (Wildman–Crippen MR) is 64.2 cm³/mol. The lowest BCUT2D eigenvalue weighted by Crippen LogP contribution is -2.14. The van der Waals surface area contributed by atoms with Crippen LogP contribution in [-0.4, -0.2) is 13.7 Å². The van der Waals surface area contributed by atoms with E-state index in [0.717, 1.165) is 5.56 Å². The lowest BCUT2D eigenvalue weighted by Gasteiger charge is -2.16. The Kier molecular flexibility index (Phi) is 5.44. The minimum atomic E-state index is -0.272. The Morgan fingerprint density at radius 1 is 1.53 bits per heavy atom. The summed E-state index contributed by atoms with van der Waals surface area (Å²) in [6.07, 6.45) is 1.15. The van der Waals surface area contributed by atoms with Crippen molar-refractivity contribution in [2.24, 2.45) is 0 Å². The maximum atomic E-state index is 13.2. The van der Waals surface area contributed by atoms with E-state index in [0.29, 0.717) is 25.2 Å². The van der Waals surface area contributed by atoms with E-state index in [9.17, 15) is 4.39 Å². The van der Waals surface area contributed by atoms with Gasteiger partial charge < -0.3 is 10.1 Å². The normalized spacial score (nSPS) is 11.9. The van der Waals surface area contributed by atoms with Crippen molar-refractivity contribution in [3.63, 3.8) is 0 Å². The van der Waals surface area contributed by atoms with Crippen LogP contribution in [0.4, 0.5) is 4.39 Å². The molecule has 17 heavy (non-hydrogen) atoms. The van der Waals surface area contributed by atoms with E-state index in [2.05, 4.69) is 11.4 Å². The highest BCUT2D eigenvalue weighted by Crippen LogP contribution is 2.26. The summed E-state index contributed by atoms with van der Waals surface area (Å²) in [5.41, 5.74) is 0.796. The van der Waals surface area contributed by atoms with Crippen LogP contribution in [0.15, 0.2) is 18.2 Å². The van der Waals surface area contributed by atoms with Crippen LogP contribution < -0.4 is 10.1 Å². The van der Waals surface area contributed by atoms with Gasteiger partial charge in [-0.2, -0.15) is 5.26 Å². The van der Waals surface area contributed by atoms with Gasteiger partial charge >= 0.3 is 0 Å². The van der Waals surface area contributed by atoms with Crippen molar-refractivity contribution in [1.29, 1.82) is 5.26 Å². The molecule has 0 aliphatic heterocycles. The molecule has 1 rings (SSSR count). The summed E-state index contributed by atoms with van der Waals surface area (Å²) in [7, 11) is 1.81. The molecule has 0 saturated heterocycles. The van der Waals surface area contributed by atoms with E-state index in [1.807, 2.05) is 14.0 Å². The number of hydrogen-bond donors (Lipinski definition) is 1. The van der Waals surface area contributed by atoms with E-state index < -0.39 is 0 Å². The van der Waals surface area contributed by atoms with Crippen molar-refractivity contribution in [2.45, 2.75) is 25.8 Å². The monoisotopic (exact) mass is 236 g/mol. The van der Waals surface area contributed by atoms with Crippen LogP contribution in [0, 0.1) is 17.1 Å². The zero-order valence-corrected chi connectivity index (χ0v) is 10.2. The van der Waals surface area contributed by atoms with Crippen molar-refractivity contribution in [3.8, 4) is 11.8 Å². The van der Waals surface area contributed by atoms with Gasteiger partial charge in [0.05, 0.1) is 12.7 Å². The van der Waals surface area contributed by atoms with E-state index in [-0.39, 0.29) is 11.9 Å². The summed E-state index contributed by atoms with van der Waals surface area (Å²) in [6, 6.07) is 6.57. The largest absolute Gasteiger partial charge is 0.493 e. The van der Waals surface area contributed by atoms with Crippen molar-refractivity contribution in [2.75, 3.05) is 13.7 Å². The topological polar surface area (TPSA) is 45.0 Å². The van der Waals surface area contributed by atoms with Gasteiger partial charge in [0.25, 0.3) is 0 Å². The summed E-state index contributed by atoms with van der Waals surface area (Å²) in [5, 5.41) is 11.5. The lowest BCUT2D eigenvalue weighted by atomic mass is 10.1. The number of unbranched alkanes of at least 4 members (excludes halogenated alkanes) is 1. The van der Waals surface area contributed by atoms with Gasteiger partial charge in [-0.15, -0.1) is 0 Å². The molecule has 1 aromatic rings. The van der Waals surface area contributed by atoms with Gasteiger partial charge in [-0.25, -0.2) is 4.39 Å². The van der Waals surface area contributed by atoms with Gasteiger partial charge in [-0.05, 0) is 38.6 Å². The zero-order chi connectivity index (χ0) is 12.7. The number of nitrogens with zero attached hydrogens (tertiary/aromatic N) is 1. The molecule has 0 heterocycles. The zero-order valence-electron chi connectivity index (χ0n) is 10.2. The molecule has 0 spiro atoms. The average Bonchev–Trinajstić information content (AvgIpc) is 2.35. The first kappa shape index (κ1) is 13.5. The second-order valence-corrected chi connectivity index (χ2v) is 3.80. The first-order valence-electron chi connectivity index (χ1n) is 5.65. The first-order chi connectivity index (χ1) is 8.19. The number of halogens is 1. The minimum Gasteiger partial charge on any atom is -0.493 e. The second kappa shape index (κ2) is 6.87. The number of nitriles is 1. The van der Waals surface area contributed by atoms with Gasteiger partial charge in [-0.1, -0.05) is 0 Å². The van der Waals surface area contributed by atoms with Gasteiger partial charge in [0.1, 0.15) is 11.6 Å². The maximum Gasteiger partial charge on any atom is 0.124 e. The summed E-state index contributed by atoms with van der Waals surface area (Å²) in [5.74, 6) is 0.401. The molecule has 1 N–H and O–H groups in total. The fraction of sp³-hybridized carbons (Fsp3) is 0.462. The third-order valence-corrected chi connectivity index (χ3v) is 2.56. The summed E-state index contributed by atoms with van der Waals surface area (Å²) in [4.78, 5) is 0. The third-order valence-electron chi connectivity index (χ3n) is 2.56. The van der Waals surface area contributed by atoms with E-state index in [1.165, 1.54) is 12.1 Å². The Morgan fingerprint density at radius 2 is 2.29 bits per heavy atom. The standard InChI is InChI=1S/C13H17FN2O/c1-10(16-2)12-9-11(14)5-6-13(12)17-8-4-3-7-15/h5-6,9-10,16H,3-4,8H2,1-2H3. The molecule has 1 aromatic carbocycles. The Bertz CT molecular complexity index is 401. The van der Waals surface area contributed by atoms with Crippen LogP contribution in [0.3, 0.4) is 0 Å². The number of hydrogen-bond acceptors (Lipinski definition) is 3. The number of ether oxygens (including phenoxy) is 1. The fourth-order valence-electron chi connectivity index (χ4n) is 1.48. The van der Waals surface area contributed by atoms with Gasteiger partial charge in [-0.3, -0.25) is 0 Å². The van der Waals surface area contributed by atoms with E-state index >= 15 is 0 Å². The predicted octanol–water partition coefficient (Wildman–Crippen LogP) is 2.79. The number of rotatable bonds is 6. The van der Waals surface area contributed by atoms with Crippen molar-refractivity contribution >= 4 is 0 Å². The van der Waals surface area contributed by atoms with Gasteiger partial charge in [0.15, 0.2) is 0 Å². The quantitative estimate of drug-likeness (QED) is 0.772. The molecule has 0 aromatic heterocycles. The second-order valence-electron chi connectivity index (χ2n) is 3.80. The summed E-state index contributed by atoms with van der Waals surface area (Å²) >= 11 is 0. The molecule has 4 heteroatoms. The molecule has 0 radical (unpaired) electrons. The van der Waals surface area contributed by atoms with Crippen LogP contribution in [0.2, 0.25) is 0 Å². The van der Waals surface area contributed by atoms with Crippen LogP contribution in [0.5, 0.6) is 5.75 Å². The molecule has 0 saturated carbocycles. The Morgan fingerprint density at radius 3 is 2.94 bits per heavy atom. The smallest absolute Gasteiger partial charge is 0.124 e. The van der Waals surface area contributed by atoms with Gasteiger partial charge in [0, 0.05) is 18.0 Å². The van der Waals surface area contributed by atoms with Crippen LogP contribution in [0.1, 0.15) is 31.4 Å². The van der Waals surface area contributed by atoms with Crippen LogP contribution in [-0.2, 0) is 0 Å². The molecule has 0 amide bonds. The number of benzene rings is 1. The molecule has 0 bridgehead atoms. The molecule has 3 nitrogen and oxygen atoms in total. The molecule has 0 fully saturated rings. The maximum absolute atomic E-state index is 13.2. The highest BCUT2D eigenvalue weighted by molar-refractivity contribution is 5.36. The Labute approximate surface area is 101 Å². The van der Waals surface area contributed by atoms with Crippen molar-refractivity contribution < 1.29 is 9.13 Å². The Balaban J connectivity index is 2.73. The molecule has 92 valence electrons. The van der Waals surface area contributed by atoms with Crippen LogP contribution in [0.25, 0.3) is 0 Å². The summed E-state index contributed by atoms with van der Waals surface area (Å²) in [6.45, 7) is 2.42. The SMILES string of the molecule is CNC(C)c1cc(F)ccc1OCCCC#N. The van der Waals surface area contributed by atoms with E-state index in [1.54, 1.807) is 6.07 Å². The summed E-state index contributed by atoms with van der Waals surface area (Å²) < 4.78 is 18.7. The third kappa shape index (κ3) is 4.04. The highest BCUT2D eigenvalue weighted by Gasteiger charge is 2.11. The Hall–Kier alpha value is -1.60.